The molecule has 1 N–H and O–H groups in total. The minimum Gasteiger partial charge on any atom is -0.310 e. The molecule has 1 nitrogen and oxygen atoms in total. The lowest BCUT2D eigenvalue weighted by atomic mass is 9.99. The summed E-state index contributed by atoms with van der Waals surface area (Å²) in [5, 5.41) is 3.60. The molecule has 2 atom stereocenters. The zero-order chi connectivity index (χ0) is 11.0. The summed E-state index contributed by atoms with van der Waals surface area (Å²) in [6.45, 7) is 10.0. The van der Waals surface area contributed by atoms with Crippen molar-refractivity contribution in [3.63, 3.8) is 0 Å². The largest absolute Gasteiger partial charge is 0.310 e. The van der Waals surface area contributed by atoms with Gasteiger partial charge in [0.2, 0.25) is 0 Å². The predicted octanol–water partition coefficient (Wildman–Crippen LogP) is 3.15. The van der Waals surface area contributed by atoms with Crippen molar-refractivity contribution < 1.29 is 0 Å². The maximum absolute atomic E-state index is 3.60. The van der Waals surface area contributed by atoms with Gasteiger partial charge in [0.25, 0.3) is 0 Å². The van der Waals surface area contributed by atoms with Crippen LogP contribution in [0.25, 0.3) is 0 Å². The van der Waals surface area contributed by atoms with Crippen molar-refractivity contribution in [2.75, 3.05) is 6.54 Å². The highest BCUT2D eigenvalue weighted by Gasteiger charge is 2.29. The molecule has 0 radical (unpaired) electrons. The Morgan fingerprint density at radius 1 is 1.33 bits per heavy atom. The molecule has 1 aromatic rings. The third-order valence-electron chi connectivity index (χ3n) is 3.51. The van der Waals surface area contributed by atoms with Gasteiger partial charge in [-0.3, -0.25) is 0 Å². The molecular formula is C14H21N. The van der Waals surface area contributed by atoms with Crippen molar-refractivity contribution in [2.24, 2.45) is 5.92 Å². The van der Waals surface area contributed by atoms with Gasteiger partial charge in [0.15, 0.2) is 0 Å². The van der Waals surface area contributed by atoms with Crippen molar-refractivity contribution in [1.29, 1.82) is 0 Å². The predicted molar refractivity (Wildman–Crippen MR) is 65.2 cm³/mol. The SMILES string of the molecule is CCNC1c2cc(C)cc(C)c2CC1C. The first kappa shape index (κ1) is 10.7. The third-order valence-corrected chi connectivity index (χ3v) is 3.51. The molecule has 1 aliphatic rings. The first-order valence-electron chi connectivity index (χ1n) is 5.97. The van der Waals surface area contributed by atoms with Crippen molar-refractivity contribution in [2.45, 2.75) is 40.2 Å². The zero-order valence-electron chi connectivity index (χ0n) is 10.2. The lowest BCUT2D eigenvalue weighted by Gasteiger charge is -2.18. The van der Waals surface area contributed by atoms with E-state index in [2.05, 4.69) is 45.1 Å². The van der Waals surface area contributed by atoms with Gasteiger partial charge in [0, 0.05) is 6.04 Å². The van der Waals surface area contributed by atoms with E-state index in [-0.39, 0.29) is 0 Å². The van der Waals surface area contributed by atoms with Crippen LogP contribution in [0, 0.1) is 19.8 Å². The molecule has 0 amide bonds. The smallest absolute Gasteiger partial charge is 0.0352 e. The highest BCUT2D eigenvalue weighted by Crippen LogP contribution is 2.38. The van der Waals surface area contributed by atoms with Crippen LogP contribution in [0.1, 0.15) is 42.1 Å². The Morgan fingerprint density at radius 3 is 2.73 bits per heavy atom. The van der Waals surface area contributed by atoms with Crippen molar-refractivity contribution in [3.8, 4) is 0 Å². The van der Waals surface area contributed by atoms with Gasteiger partial charge in [-0.1, -0.05) is 31.5 Å². The summed E-state index contributed by atoms with van der Waals surface area (Å²) in [6.07, 6.45) is 1.24. The molecule has 2 unspecified atom stereocenters. The van der Waals surface area contributed by atoms with Crippen LogP contribution in [0.4, 0.5) is 0 Å². The van der Waals surface area contributed by atoms with Crippen LogP contribution < -0.4 is 5.32 Å². The fraction of sp³-hybridized carbons (Fsp3) is 0.571. The van der Waals surface area contributed by atoms with Crippen LogP contribution in [0.2, 0.25) is 0 Å². The van der Waals surface area contributed by atoms with Gasteiger partial charge in [0.1, 0.15) is 0 Å². The van der Waals surface area contributed by atoms with E-state index in [4.69, 9.17) is 0 Å². The summed E-state index contributed by atoms with van der Waals surface area (Å²) in [6, 6.07) is 5.24. The Hall–Kier alpha value is -0.820. The van der Waals surface area contributed by atoms with Gasteiger partial charge in [-0.2, -0.15) is 0 Å². The van der Waals surface area contributed by atoms with Gasteiger partial charge in [-0.25, -0.2) is 0 Å². The maximum atomic E-state index is 3.60. The number of rotatable bonds is 2. The lowest BCUT2D eigenvalue weighted by Crippen LogP contribution is -2.23. The van der Waals surface area contributed by atoms with Crippen LogP contribution >= 0.6 is 0 Å². The lowest BCUT2D eigenvalue weighted by molar-refractivity contribution is 0.426. The Morgan fingerprint density at radius 2 is 2.07 bits per heavy atom. The molecule has 82 valence electrons. The van der Waals surface area contributed by atoms with Gasteiger partial charge in [-0.15, -0.1) is 0 Å². The van der Waals surface area contributed by atoms with Gasteiger partial charge >= 0.3 is 0 Å². The molecule has 0 bridgehead atoms. The Kier molecular flexibility index (Phi) is 2.83. The second-order valence-corrected chi connectivity index (χ2v) is 4.87. The highest BCUT2D eigenvalue weighted by atomic mass is 14.9. The first-order chi connectivity index (χ1) is 7.13. The molecule has 0 aliphatic heterocycles. The van der Waals surface area contributed by atoms with E-state index < -0.39 is 0 Å². The van der Waals surface area contributed by atoms with Crippen LogP contribution in [0.3, 0.4) is 0 Å². The van der Waals surface area contributed by atoms with E-state index in [9.17, 15) is 0 Å². The fourth-order valence-corrected chi connectivity index (χ4v) is 2.86. The maximum Gasteiger partial charge on any atom is 0.0352 e. The molecule has 1 aromatic carbocycles. The van der Waals surface area contributed by atoms with Crippen LogP contribution in [0.15, 0.2) is 12.1 Å². The number of hydrogen-bond acceptors (Lipinski definition) is 1. The molecule has 1 aliphatic carbocycles. The van der Waals surface area contributed by atoms with Crippen LogP contribution in [0.5, 0.6) is 0 Å². The molecule has 0 spiro atoms. The molecule has 0 fully saturated rings. The molecular weight excluding hydrogens is 182 g/mol. The fourth-order valence-electron chi connectivity index (χ4n) is 2.86. The topological polar surface area (TPSA) is 12.0 Å². The van der Waals surface area contributed by atoms with E-state index in [0.717, 1.165) is 12.5 Å². The van der Waals surface area contributed by atoms with E-state index in [1.165, 1.54) is 17.5 Å². The Balaban J connectivity index is 2.43. The zero-order valence-corrected chi connectivity index (χ0v) is 10.2. The molecule has 0 heterocycles. The Labute approximate surface area is 92.9 Å². The second-order valence-electron chi connectivity index (χ2n) is 4.87. The molecule has 15 heavy (non-hydrogen) atoms. The summed E-state index contributed by atoms with van der Waals surface area (Å²) in [4.78, 5) is 0. The monoisotopic (exact) mass is 203 g/mol. The summed E-state index contributed by atoms with van der Waals surface area (Å²) in [5.74, 6) is 0.737. The summed E-state index contributed by atoms with van der Waals surface area (Å²) in [7, 11) is 0. The Bertz CT molecular complexity index is 368. The number of benzene rings is 1. The second kappa shape index (κ2) is 3.97. The van der Waals surface area contributed by atoms with E-state index >= 15 is 0 Å². The highest BCUT2D eigenvalue weighted by molar-refractivity contribution is 5.44. The van der Waals surface area contributed by atoms with Crippen LogP contribution in [-0.2, 0) is 6.42 Å². The average molecular weight is 203 g/mol. The van der Waals surface area contributed by atoms with Gasteiger partial charge in [0.05, 0.1) is 0 Å². The minimum absolute atomic E-state index is 0.573. The molecule has 0 saturated heterocycles. The van der Waals surface area contributed by atoms with Gasteiger partial charge in [-0.05, 0) is 49.4 Å². The summed E-state index contributed by atoms with van der Waals surface area (Å²) < 4.78 is 0. The minimum atomic E-state index is 0.573. The quantitative estimate of drug-likeness (QED) is 0.778. The number of hydrogen-bond donors (Lipinski definition) is 1. The van der Waals surface area contributed by atoms with Crippen molar-refractivity contribution in [3.05, 3.63) is 34.4 Å². The van der Waals surface area contributed by atoms with Crippen molar-refractivity contribution in [1.82, 2.24) is 5.32 Å². The third kappa shape index (κ3) is 1.81. The average Bonchev–Trinajstić information content (AvgIpc) is 2.46. The van der Waals surface area contributed by atoms with Crippen LogP contribution in [-0.4, -0.2) is 6.54 Å². The van der Waals surface area contributed by atoms with E-state index in [1.54, 1.807) is 11.1 Å². The number of aryl methyl sites for hydroxylation is 2. The standard InChI is InChI=1S/C14H21N/c1-5-15-14-11(4)8-12-10(3)6-9(2)7-13(12)14/h6-7,11,14-15H,5,8H2,1-4H3. The molecule has 1 heteroatoms. The van der Waals surface area contributed by atoms with E-state index in [1.807, 2.05) is 0 Å². The molecule has 0 aromatic heterocycles. The van der Waals surface area contributed by atoms with E-state index in [0.29, 0.717) is 6.04 Å². The summed E-state index contributed by atoms with van der Waals surface area (Å²) in [5.41, 5.74) is 5.99. The normalized spacial score (nSPS) is 24.3. The first-order valence-corrected chi connectivity index (χ1v) is 5.97. The number of fused-ring (bicyclic) bond motifs is 1. The van der Waals surface area contributed by atoms with Gasteiger partial charge < -0.3 is 5.32 Å². The summed E-state index contributed by atoms with van der Waals surface area (Å²) >= 11 is 0. The number of nitrogens with one attached hydrogen (secondary N) is 1. The molecule has 0 saturated carbocycles. The molecule has 2 rings (SSSR count). The van der Waals surface area contributed by atoms with Crippen molar-refractivity contribution >= 4 is 0 Å².